The number of benzene rings is 1. The molecule has 2 rings (SSSR count). The van der Waals surface area contributed by atoms with Crippen LogP contribution in [0.1, 0.15) is 36.9 Å². The summed E-state index contributed by atoms with van der Waals surface area (Å²) in [7, 11) is -3.84. The molecule has 3 N–H and O–H groups in total. The molecule has 0 saturated carbocycles. The highest BCUT2D eigenvalue weighted by molar-refractivity contribution is 7.89. The molecule has 0 atom stereocenters. The molecule has 0 radical (unpaired) electrons. The van der Waals surface area contributed by atoms with Crippen molar-refractivity contribution in [1.29, 1.82) is 0 Å². The Morgan fingerprint density at radius 1 is 1.11 bits per heavy atom. The lowest BCUT2D eigenvalue weighted by molar-refractivity contribution is 0.0724. The number of nitrogens with zero attached hydrogens (tertiary/aromatic N) is 1. The predicted molar refractivity (Wildman–Crippen MR) is 104 cm³/mol. The molecule has 27 heavy (non-hydrogen) atoms. The van der Waals surface area contributed by atoms with E-state index in [1.165, 1.54) is 12.1 Å². The Kier molecular flexibility index (Phi) is 6.80. The molecule has 0 bridgehead atoms. The van der Waals surface area contributed by atoms with E-state index in [1.54, 1.807) is 25.7 Å². The molecule has 1 heterocycles. The fraction of sp³-hybridized carbons (Fsp3) is 0.421. The Balaban J connectivity index is 2.13. The van der Waals surface area contributed by atoms with Gasteiger partial charge in [0.05, 0.1) is 0 Å². The van der Waals surface area contributed by atoms with Crippen LogP contribution in [-0.4, -0.2) is 44.4 Å². The maximum absolute atomic E-state index is 12.7. The zero-order valence-electron chi connectivity index (χ0n) is 15.9. The van der Waals surface area contributed by atoms with Crippen LogP contribution in [0, 0.1) is 0 Å². The molecular formula is C19H27N3O4S. The summed E-state index contributed by atoms with van der Waals surface area (Å²) in [5.74, 6) is -0.403. The van der Waals surface area contributed by atoms with Crippen LogP contribution in [0.4, 0.5) is 0 Å². The van der Waals surface area contributed by atoms with Crippen molar-refractivity contribution in [2.24, 2.45) is 5.73 Å². The molecule has 2 aromatic rings. The molecule has 7 nitrogen and oxygen atoms in total. The Bertz CT molecular complexity index is 855. The molecule has 0 spiro atoms. The third-order valence-electron chi connectivity index (χ3n) is 3.70. The highest BCUT2D eigenvalue weighted by Gasteiger charge is 2.27. The van der Waals surface area contributed by atoms with Crippen LogP contribution in [-0.2, 0) is 16.4 Å². The number of hydrogen-bond acceptors (Lipinski definition) is 5. The van der Waals surface area contributed by atoms with E-state index in [0.717, 1.165) is 5.56 Å². The van der Waals surface area contributed by atoms with Crippen molar-refractivity contribution in [3.8, 4) is 0 Å². The summed E-state index contributed by atoms with van der Waals surface area (Å²) in [6.45, 7) is 6.31. The molecule has 0 saturated heterocycles. The van der Waals surface area contributed by atoms with Gasteiger partial charge in [0.1, 0.15) is 0 Å². The molecule has 0 aliphatic heterocycles. The van der Waals surface area contributed by atoms with Gasteiger partial charge in [-0.1, -0.05) is 30.3 Å². The number of amides is 1. The number of nitrogens with two attached hydrogens (primary N) is 1. The van der Waals surface area contributed by atoms with E-state index in [1.807, 2.05) is 30.3 Å². The lowest BCUT2D eigenvalue weighted by atomic mass is 10.1. The first-order valence-electron chi connectivity index (χ1n) is 8.79. The summed E-state index contributed by atoms with van der Waals surface area (Å²) in [5.41, 5.74) is 6.07. The van der Waals surface area contributed by atoms with Crippen LogP contribution >= 0.6 is 0 Å². The smallest absolute Gasteiger partial charge is 0.289 e. The zero-order chi connectivity index (χ0) is 20.1. The monoisotopic (exact) mass is 393 g/mol. The van der Waals surface area contributed by atoms with Crippen LogP contribution in [0.25, 0.3) is 0 Å². The third kappa shape index (κ3) is 6.20. The lowest BCUT2D eigenvalue weighted by Gasteiger charge is -2.21. The van der Waals surface area contributed by atoms with Crippen LogP contribution in [0.5, 0.6) is 0 Å². The topological polar surface area (TPSA) is 106 Å². The van der Waals surface area contributed by atoms with Crippen LogP contribution in [0.15, 0.2) is 52.0 Å². The van der Waals surface area contributed by atoms with Crippen molar-refractivity contribution >= 4 is 15.9 Å². The normalized spacial score (nSPS) is 12.1. The Morgan fingerprint density at radius 3 is 2.37 bits per heavy atom. The second-order valence-corrected chi connectivity index (χ2v) is 8.90. The Morgan fingerprint density at radius 2 is 1.78 bits per heavy atom. The zero-order valence-corrected chi connectivity index (χ0v) is 16.8. The summed E-state index contributed by atoms with van der Waals surface area (Å²) in [5, 5.41) is -0.281. The van der Waals surface area contributed by atoms with E-state index in [9.17, 15) is 13.2 Å². The van der Waals surface area contributed by atoms with Crippen molar-refractivity contribution in [3.63, 3.8) is 0 Å². The lowest BCUT2D eigenvalue weighted by Crippen LogP contribution is -2.40. The summed E-state index contributed by atoms with van der Waals surface area (Å²) < 4.78 is 32.5. The molecule has 0 unspecified atom stereocenters. The SMILES string of the molecule is CC(C)(C)NS(=O)(=O)c1ccc(C(=O)N(CCN)CCc2ccccc2)o1. The van der Waals surface area contributed by atoms with Gasteiger partial charge in [-0.05, 0) is 44.9 Å². The molecule has 0 fully saturated rings. The molecule has 0 aliphatic rings. The molecule has 0 aliphatic carbocycles. The largest absolute Gasteiger partial charge is 0.438 e. The molecule has 1 amide bonds. The number of furan rings is 1. The average molecular weight is 394 g/mol. The highest BCUT2D eigenvalue weighted by atomic mass is 32.2. The summed E-state index contributed by atoms with van der Waals surface area (Å²) in [4.78, 5) is 14.3. The van der Waals surface area contributed by atoms with Gasteiger partial charge in [-0.2, -0.15) is 0 Å². The first-order valence-corrected chi connectivity index (χ1v) is 10.3. The standard InChI is InChI=1S/C19H27N3O4S/c1-19(2,3)21-27(24,25)17-10-9-16(26-17)18(23)22(14-12-20)13-11-15-7-5-4-6-8-15/h4-10,21H,11-14,20H2,1-3H3. The Hall–Kier alpha value is -2.16. The third-order valence-corrected chi connectivity index (χ3v) is 5.33. The van der Waals surface area contributed by atoms with E-state index in [-0.39, 0.29) is 16.8 Å². The summed E-state index contributed by atoms with van der Waals surface area (Å²) in [6, 6.07) is 12.5. The predicted octanol–water partition coefficient (Wildman–Crippen LogP) is 2.00. The molecule has 1 aromatic heterocycles. The van der Waals surface area contributed by atoms with Gasteiger partial charge >= 0.3 is 0 Å². The van der Waals surface area contributed by atoms with Gasteiger partial charge in [0.2, 0.25) is 5.09 Å². The van der Waals surface area contributed by atoms with E-state index in [4.69, 9.17) is 10.2 Å². The minimum atomic E-state index is -3.84. The van der Waals surface area contributed by atoms with Crippen molar-refractivity contribution in [3.05, 3.63) is 53.8 Å². The number of sulfonamides is 1. The quantitative estimate of drug-likeness (QED) is 0.714. The van der Waals surface area contributed by atoms with Gasteiger partial charge in [-0.3, -0.25) is 4.79 Å². The number of rotatable bonds is 8. The average Bonchev–Trinajstić information content (AvgIpc) is 3.08. The maximum atomic E-state index is 12.7. The number of hydrogen-bond donors (Lipinski definition) is 2. The fourth-order valence-corrected chi connectivity index (χ4v) is 3.92. The van der Waals surface area contributed by atoms with Gasteiger partial charge in [0.15, 0.2) is 5.76 Å². The van der Waals surface area contributed by atoms with E-state index in [2.05, 4.69) is 4.72 Å². The summed E-state index contributed by atoms with van der Waals surface area (Å²) in [6.07, 6.45) is 0.671. The van der Waals surface area contributed by atoms with Crippen molar-refractivity contribution in [1.82, 2.24) is 9.62 Å². The molecule has 1 aromatic carbocycles. The van der Waals surface area contributed by atoms with Gasteiger partial charge in [0.25, 0.3) is 15.9 Å². The van der Waals surface area contributed by atoms with Crippen LogP contribution in [0.3, 0.4) is 0 Å². The van der Waals surface area contributed by atoms with Crippen molar-refractivity contribution in [2.75, 3.05) is 19.6 Å². The minimum absolute atomic E-state index is 0.0224. The fourth-order valence-electron chi connectivity index (χ4n) is 2.57. The van der Waals surface area contributed by atoms with Gasteiger partial charge in [-0.15, -0.1) is 0 Å². The molecule has 8 heteroatoms. The van der Waals surface area contributed by atoms with Crippen molar-refractivity contribution < 1.29 is 17.6 Å². The Labute approximate surface area is 160 Å². The van der Waals surface area contributed by atoms with Crippen molar-refractivity contribution in [2.45, 2.75) is 37.8 Å². The van der Waals surface area contributed by atoms with E-state index < -0.39 is 15.6 Å². The molecule has 148 valence electrons. The minimum Gasteiger partial charge on any atom is -0.438 e. The second-order valence-electron chi connectivity index (χ2n) is 7.29. The first-order chi connectivity index (χ1) is 12.6. The number of carbonyl (C=O) groups is 1. The van der Waals surface area contributed by atoms with E-state index in [0.29, 0.717) is 26.1 Å². The van der Waals surface area contributed by atoms with Gasteiger partial charge in [0, 0.05) is 25.2 Å². The van der Waals surface area contributed by atoms with Gasteiger partial charge < -0.3 is 15.1 Å². The highest BCUT2D eigenvalue weighted by Crippen LogP contribution is 2.18. The first kappa shape index (κ1) is 21.1. The van der Waals surface area contributed by atoms with Crippen LogP contribution < -0.4 is 10.5 Å². The van der Waals surface area contributed by atoms with Crippen LogP contribution in [0.2, 0.25) is 0 Å². The van der Waals surface area contributed by atoms with E-state index >= 15 is 0 Å². The molecular weight excluding hydrogens is 366 g/mol. The number of nitrogens with one attached hydrogen (secondary N) is 1. The van der Waals surface area contributed by atoms with Gasteiger partial charge in [-0.25, -0.2) is 13.1 Å². The maximum Gasteiger partial charge on any atom is 0.289 e. The number of carbonyl (C=O) groups excluding carboxylic acids is 1. The second kappa shape index (κ2) is 8.69. The summed E-state index contributed by atoms with van der Waals surface area (Å²) >= 11 is 0.